The molecule has 0 atom stereocenters. The average molecular weight is 408 g/mol. The van der Waals surface area contributed by atoms with Gasteiger partial charge in [0, 0.05) is 31.7 Å². The largest absolute Gasteiger partial charge is 0.484 e. The smallest absolute Gasteiger partial charge is 0.276 e. The number of hydrogen-bond donors (Lipinski definition) is 1. The van der Waals surface area contributed by atoms with E-state index in [9.17, 15) is 14.4 Å². The van der Waals surface area contributed by atoms with Crippen LogP contribution in [-0.2, 0) is 11.3 Å². The summed E-state index contributed by atoms with van der Waals surface area (Å²) in [6, 6.07) is 13.6. The van der Waals surface area contributed by atoms with Crippen molar-refractivity contribution in [1.29, 1.82) is 0 Å². The molecule has 1 heterocycles. The minimum Gasteiger partial charge on any atom is -0.484 e. The number of carbonyl (C=O) groups is 2. The number of fused-ring (bicyclic) bond motifs is 1. The topological polar surface area (TPSA) is 93.5 Å². The van der Waals surface area contributed by atoms with Crippen LogP contribution >= 0.6 is 0 Å². The summed E-state index contributed by atoms with van der Waals surface area (Å²) < 4.78 is 6.76. The Morgan fingerprint density at radius 2 is 1.73 bits per heavy atom. The van der Waals surface area contributed by atoms with Gasteiger partial charge in [0.25, 0.3) is 17.4 Å². The van der Waals surface area contributed by atoms with Gasteiger partial charge in [-0.3, -0.25) is 14.4 Å². The van der Waals surface area contributed by atoms with Gasteiger partial charge in [-0.15, -0.1) is 0 Å². The van der Waals surface area contributed by atoms with Crippen molar-refractivity contribution in [3.05, 3.63) is 64.6 Å². The number of hydrogen-bond acceptors (Lipinski definition) is 5. The van der Waals surface area contributed by atoms with Crippen LogP contribution in [0.2, 0.25) is 0 Å². The second-order valence-electron chi connectivity index (χ2n) is 6.98. The number of ether oxygens (including phenoxy) is 1. The first-order valence-electron chi connectivity index (χ1n) is 9.65. The van der Waals surface area contributed by atoms with Crippen LogP contribution in [0.3, 0.4) is 0 Å². The normalized spacial score (nSPS) is 10.6. The molecule has 2 aromatic carbocycles. The summed E-state index contributed by atoms with van der Waals surface area (Å²) in [4.78, 5) is 38.5. The average Bonchev–Trinajstić information content (AvgIpc) is 2.75. The van der Waals surface area contributed by atoms with Gasteiger partial charge < -0.3 is 15.0 Å². The van der Waals surface area contributed by atoms with Gasteiger partial charge in [-0.2, -0.15) is 5.10 Å². The lowest BCUT2D eigenvalue weighted by molar-refractivity contribution is -0.130. The fraction of sp³-hybridized carbons (Fsp3) is 0.273. The Morgan fingerprint density at radius 3 is 2.37 bits per heavy atom. The molecule has 30 heavy (non-hydrogen) atoms. The van der Waals surface area contributed by atoms with Crippen LogP contribution in [0.25, 0.3) is 10.8 Å². The van der Waals surface area contributed by atoms with E-state index >= 15 is 0 Å². The van der Waals surface area contributed by atoms with Gasteiger partial charge in [0.05, 0.1) is 5.39 Å². The van der Waals surface area contributed by atoms with E-state index in [1.807, 2.05) is 6.92 Å². The molecule has 3 rings (SSSR count). The van der Waals surface area contributed by atoms with E-state index in [0.717, 1.165) is 6.42 Å². The van der Waals surface area contributed by atoms with Crippen LogP contribution in [0.5, 0.6) is 5.75 Å². The lowest BCUT2D eigenvalue weighted by atomic mass is 10.1. The third-order valence-electron chi connectivity index (χ3n) is 4.49. The van der Waals surface area contributed by atoms with Gasteiger partial charge in [-0.05, 0) is 36.8 Å². The van der Waals surface area contributed by atoms with Gasteiger partial charge in [-0.25, -0.2) is 4.68 Å². The van der Waals surface area contributed by atoms with Crippen LogP contribution < -0.4 is 15.6 Å². The molecule has 1 N–H and O–H groups in total. The Kier molecular flexibility index (Phi) is 6.46. The lowest BCUT2D eigenvalue weighted by Gasteiger charge is -2.12. The van der Waals surface area contributed by atoms with Crippen molar-refractivity contribution in [3.8, 4) is 5.75 Å². The maximum atomic E-state index is 12.9. The van der Waals surface area contributed by atoms with Crippen LogP contribution in [0.15, 0.2) is 53.3 Å². The molecule has 1 aromatic heterocycles. The van der Waals surface area contributed by atoms with Gasteiger partial charge in [-0.1, -0.05) is 25.1 Å². The molecule has 2 amide bonds. The van der Waals surface area contributed by atoms with Crippen LogP contribution in [0.1, 0.15) is 23.8 Å². The number of nitrogens with zero attached hydrogens (tertiary/aromatic N) is 3. The first kappa shape index (κ1) is 21.0. The van der Waals surface area contributed by atoms with E-state index < -0.39 is 5.91 Å². The third kappa shape index (κ3) is 4.65. The first-order chi connectivity index (χ1) is 14.4. The zero-order valence-electron chi connectivity index (χ0n) is 17.2. The molecule has 0 radical (unpaired) electrons. The summed E-state index contributed by atoms with van der Waals surface area (Å²) in [5.74, 6) is -0.0386. The molecule has 0 saturated heterocycles. The van der Waals surface area contributed by atoms with Gasteiger partial charge >= 0.3 is 0 Å². The molecule has 0 saturated carbocycles. The number of aromatic nitrogens is 2. The third-order valence-corrected chi connectivity index (χ3v) is 4.49. The molecule has 8 heteroatoms. The van der Waals surface area contributed by atoms with Crippen molar-refractivity contribution in [1.82, 2.24) is 14.7 Å². The van der Waals surface area contributed by atoms with Crippen LogP contribution in [-0.4, -0.2) is 47.2 Å². The van der Waals surface area contributed by atoms with Crippen molar-refractivity contribution >= 4 is 28.3 Å². The van der Waals surface area contributed by atoms with E-state index in [0.29, 0.717) is 28.8 Å². The predicted molar refractivity (Wildman–Crippen MR) is 115 cm³/mol. The maximum Gasteiger partial charge on any atom is 0.276 e. The fourth-order valence-corrected chi connectivity index (χ4v) is 2.87. The molecular weight excluding hydrogens is 384 g/mol. The number of aryl methyl sites for hydroxylation is 1. The molecule has 3 aromatic rings. The molecule has 0 bridgehead atoms. The summed E-state index contributed by atoms with van der Waals surface area (Å²) in [6.07, 6.45) is 0.726. The Bertz CT molecular complexity index is 1120. The number of likely N-dealkylation sites (N-methyl/N-ethyl adjacent to an activating group) is 1. The Hall–Kier alpha value is -3.68. The number of rotatable bonds is 7. The zero-order valence-corrected chi connectivity index (χ0v) is 17.2. The highest BCUT2D eigenvalue weighted by Crippen LogP contribution is 2.18. The summed E-state index contributed by atoms with van der Waals surface area (Å²) in [6.45, 7) is 2.31. The SMILES string of the molecule is CCCn1nc(C(=O)Nc2ccc(OCC(=O)N(C)C)cc2)c2ccccc2c1=O. The molecule has 0 fully saturated rings. The minimum atomic E-state index is -0.410. The molecule has 0 aliphatic carbocycles. The molecule has 0 unspecified atom stereocenters. The van der Waals surface area contributed by atoms with Gasteiger partial charge in [0.1, 0.15) is 5.75 Å². The van der Waals surface area contributed by atoms with Crippen molar-refractivity contribution in [2.24, 2.45) is 0 Å². The van der Waals surface area contributed by atoms with Crippen molar-refractivity contribution in [2.45, 2.75) is 19.9 Å². The summed E-state index contributed by atoms with van der Waals surface area (Å²) >= 11 is 0. The molecular formula is C22H24N4O4. The molecule has 8 nitrogen and oxygen atoms in total. The molecule has 0 aliphatic rings. The monoisotopic (exact) mass is 408 g/mol. The van der Waals surface area contributed by atoms with Crippen LogP contribution in [0.4, 0.5) is 5.69 Å². The quantitative estimate of drug-likeness (QED) is 0.648. The lowest BCUT2D eigenvalue weighted by Crippen LogP contribution is -2.27. The number of benzene rings is 2. The highest BCUT2D eigenvalue weighted by atomic mass is 16.5. The van der Waals surface area contributed by atoms with Gasteiger partial charge in [0.15, 0.2) is 12.3 Å². The number of amides is 2. The summed E-state index contributed by atoms with van der Waals surface area (Å²) in [5.41, 5.74) is 0.527. The van der Waals surface area contributed by atoms with E-state index in [2.05, 4.69) is 10.4 Å². The highest BCUT2D eigenvalue weighted by Gasteiger charge is 2.16. The number of carbonyl (C=O) groups excluding carboxylic acids is 2. The second-order valence-corrected chi connectivity index (χ2v) is 6.98. The first-order valence-corrected chi connectivity index (χ1v) is 9.65. The van der Waals surface area contributed by atoms with Crippen molar-refractivity contribution in [3.63, 3.8) is 0 Å². The number of anilines is 1. The Morgan fingerprint density at radius 1 is 1.07 bits per heavy atom. The summed E-state index contributed by atoms with van der Waals surface area (Å²) in [7, 11) is 3.32. The summed E-state index contributed by atoms with van der Waals surface area (Å²) in [5, 5.41) is 8.06. The van der Waals surface area contributed by atoms with E-state index in [-0.39, 0.29) is 23.8 Å². The molecule has 0 spiro atoms. The molecule has 0 aliphatic heterocycles. The minimum absolute atomic E-state index is 0.0619. The zero-order chi connectivity index (χ0) is 21.7. The van der Waals surface area contributed by atoms with E-state index in [1.165, 1.54) is 9.58 Å². The Labute approximate surface area is 174 Å². The maximum absolute atomic E-state index is 12.9. The fourth-order valence-electron chi connectivity index (χ4n) is 2.87. The van der Waals surface area contributed by atoms with E-state index in [1.54, 1.807) is 62.6 Å². The van der Waals surface area contributed by atoms with E-state index in [4.69, 9.17) is 4.74 Å². The molecule has 156 valence electrons. The van der Waals surface area contributed by atoms with Crippen molar-refractivity contribution < 1.29 is 14.3 Å². The number of nitrogens with one attached hydrogen (secondary N) is 1. The van der Waals surface area contributed by atoms with Gasteiger partial charge in [0.2, 0.25) is 0 Å². The predicted octanol–water partition coefficient (Wildman–Crippen LogP) is 2.53. The highest BCUT2D eigenvalue weighted by molar-refractivity contribution is 6.11. The second kappa shape index (κ2) is 9.21. The standard InChI is InChI=1S/C22H24N4O4/c1-4-13-26-22(29)18-8-6-5-7-17(18)20(24-26)21(28)23-15-9-11-16(12-10-15)30-14-19(27)25(2)3/h5-12H,4,13-14H2,1-3H3,(H,23,28). The Balaban J connectivity index is 1.81. The van der Waals surface area contributed by atoms with Crippen LogP contribution in [0, 0.1) is 0 Å². The van der Waals surface area contributed by atoms with Crippen molar-refractivity contribution in [2.75, 3.05) is 26.0 Å².